The summed E-state index contributed by atoms with van der Waals surface area (Å²) in [7, 11) is -1.40. The highest BCUT2D eigenvalue weighted by atomic mass is 79.9. The Kier molecular flexibility index (Phi) is 19.3. The highest BCUT2D eigenvalue weighted by Gasteiger charge is 2.18. The quantitative estimate of drug-likeness (QED) is 0.136. The van der Waals surface area contributed by atoms with E-state index in [4.69, 9.17) is 10.0 Å². The third-order valence-corrected chi connectivity index (χ3v) is 21.1. The van der Waals surface area contributed by atoms with Crippen molar-refractivity contribution in [3.05, 3.63) is 391 Å². The van der Waals surface area contributed by atoms with Gasteiger partial charge in [0.2, 0.25) is 0 Å². The Bertz CT molecular complexity index is 6070. The van der Waals surface area contributed by atoms with Crippen LogP contribution in [0, 0.1) is 0 Å². The molecule has 2 nitrogen and oxygen atoms in total. The van der Waals surface area contributed by atoms with Gasteiger partial charge in [-0.15, -0.1) is 0 Å². The lowest BCUT2D eigenvalue weighted by Gasteiger charge is -2.16. The molecule has 0 aromatic heterocycles. The molecule has 5 heteroatoms. The molecule has 486 valence electrons. The molecule has 0 atom stereocenters. The second kappa shape index (κ2) is 29.7. The summed E-state index contributed by atoms with van der Waals surface area (Å²) in [6, 6.07) is 135. The molecule has 0 aliphatic carbocycles. The minimum absolute atomic E-state index is 0. The summed E-state index contributed by atoms with van der Waals surface area (Å²) in [6.07, 6.45) is 0. The summed E-state index contributed by atoms with van der Waals surface area (Å²) in [5.74, 6) is 0. The van der Waals surface area contributed by atoms with E-state index in [1.54, 1.807) is 6.07 Å². The van der Waals surface area contributed by atoms with E-state index in [1.165, 1.54) is 161 Å². The van der Waals surface area contributed by atoms with E-state index in [2.05, 4.69) is 372 Å². The van der Waals surface area contributed by atoms with Crippen molar-refractivity contribution in [2.45, 2.75) is 7.43 Å². The van der Waals surface area contributed by atoms with E-state index in [-0.39, 0.29) is 7.43 Å². The average molecular weight is 1440 g/mol. The van der Waals surface area contributed by atoms with Crippen LogP contribution >= 0.6 is 31.9 Å². The first-order chi connectivity index (χ1) is 49.8. The van der Waals surface area contributed by atoms with E-state index in [0.717, 1.165) is 10.8 Å². The normalized spacial score (nSPS) is 11.1. The molecule has 0 bridgehead atoms. The molecule has 0 aliphatic rings. The Morgan fingerprint density at radius 2 is 0.373 bits per heavy atom. The standard InChI is InChI=1S/C24H15Br.2C24H16.C14H9Br.C10H9BO2.CH4/c25-24-21-13-5-3-11-19(21)23(20-12-4-6-14-22(20)24)18-15-7-9-16-8-1-2-10-17(16)18;2*1-4-12-20-17(8-1)11-7-15-23(20)24-21-13-5-2-9-18(21)16-19-10-3-6-14-22(19)24;15-14-12-7-3-1-5-10(12)9-11-6-2-4-8-13(11)14;12-11(13)10-7-3-5-8-4-1-2-6-9(8)10;/h1-15H;2*1-16H;1-9H;1-7,12-13H;1H4. The molecule has 0 aliphatic heterocycles. The van der Waals surface area contributed by atoms with E-state index in [0.29, 0.717) is 5.46 Å². The molecular weight excluding hydrogens is 1370 g/mol. The van der Waals surface area contributed by atoms with Crippen molar-refractivity contribution in [3.8, 4) is 33.4 Å². The van der Waals surface area contributed by atoms with Crippen molar-refractivity contribution in [2.75, 3.05) is 0 Å². The second-order valence-electron chi connectivity index (χ2n) is 25.3. The number of rotatable bonds is 4. The molecule has 0 radical (unpaired) electrons. The monoisotopic (exact) mass is 1430 g/mol. The van der Waals surface area contributed by atoms with Gasteiger partial charge in [-0.3, -0.25) is 0 Å². The molecule has 0 unspecified atom stereocenters. The lowest BCUT2D eigenvalue weighted by molar-refractivity contribution is 0.426. The van der Waals surface area contributed by atoms with Gasteiger partial charge in [-0.1, -0.05) is 371 Å². The van der Waals surface area contributed by atoms with Crippen LogP contribution in [0.15, 0.2) is 391 Å². The van der Waals surface area contributed by atoms with Gasteiger partial charge in [0.05, 0.1) is 0 Å². The molecule has 20 rings (SSSR count). The van der Waals surface area contributed by atoms with Gasteiger partial charge >= 0.3 is 7.12 Å². The zero-order valence-corrected chi connectivity index (χ0v) is 58.3. The third-order valence-electron chi connectivity index (χ3n) is 19.4. The minimum Gasteiger partial charge on any atom is -0.423 e. The molecule has 0 saturated heterocycles. The van der Waals surface area contributed by atoms with Gasteiger partial charge in [-0.05, 0) is 218 Å². The largest absolute Gasteiger partial charge is 0.489 e. The fourth-order valence-corrected chi connectivity index (χ4v) is 16.2. The van der Waals surface area contributed by atoms with E-state index >= 15 is 0 Å². The van der Waals surface area contributed by atoms with Crippen LogP contribution in [-0.2, 0) is 0 Å². The highest BCUT2D eigenvalue weighted by molar-refractivity contribution is 9.11. The summed E-state index contributed by atoms with van der Waals surface area (Å²) >= 11 is 7.52. The van der Waals surface area contributed by atoms with E-state index in [9.17, 15) is 0 Å². The summed E-state index contributed by atoms with van der Waals surface area (Å²) in [5.41, 5.74) is 8.44. The van der Waals surface area contributed by atoms with Crippen molar-refractivity contribution in [1.82, 2.24) is 0 Å². The van der Waals surface area contributed by atoms with Crippen LogP contribution in [0.4, 0.5) is 0 Å². The molecular formula is C97H69BBr2O2. The lowest BCUT2D eigenvalue weighted by Crippen LogP contribution is -2.30. The predicted molar refractivity (Wildman–Crippen MR) is 451 cm³/mol. The number of benzene rings is 20. The third kappa shape index (κ3) is 13.0. The van der Waals surface area contributed by atoms with E-state index in [1.807, 2.05) is 36.4 Å². The molecule has 2 N–H and O–H groups in total. The SMILES string of the molecule is Brc1c2ccccc2c(-c2cccc3ccccc23)c2ccccc12.Brc1c2ccccc2cc2ccccc12.C.OB(O)c1cccc2ccccc12.c1ccc2c(-c3c4ccccc4cc4ccccc34)cccc2c1.c1ccc2c(-c3c4ccccc4cc4ccccc34)cccc2c1. The van der Waals surface area contributed by atoms with Crippen molar-refractivity contribution in [2.24, 2.45) is 0 Å². The average Bonchev–Trinajstić information content (AvgIpc) is 0.754. The van der Waals surface area contributed by atoms with Crippen LogP contribution in [0.1, 0.15) is 7.43 Å². The van der Waals surface area contributed by atoms with Gasteiger partial charge < -0.3 is 10.0 Å². The summed E-state index contributed by atoms with van der Waals surface area (Å²) < 4.78 is 2.36. The van der Waals surface area contributed by atoms with Gasteiger partial charge in [0.25, 0.3) is 0 Å². The highest BCUT2D eigenvalue weighted by Crippen LogP contribution is 2.45. The van der Waals surface area contributed by atoms with Crippen LogP contribution in [0.25, 0.3) is 163 Å². The zero-order valence-electron chi connectivity index (χ0n) is 55.1. The summed E-state index contributed by atoms with van der Waals surface area (Å²) in [6.45, 7) is 0. The van der Waals surface area contributed by atoms with Crippen molar-refractivity contribution in [3.63, 3.8) is 0 Å². The summed E-state index contributed by atoms with van der Waals surface area (Å²) in [4.78, 5) is 0. The van der Waals surface area contributed by atoms with Gasteiger partial charge in [0.1, 0.15) is 0 Å². The van der Waals surface area contributed by atoms with Gasteiger partial charge in [0.15, 0.2) is 0 Å². The fraction of sp³-hybridized carbons (Fsp3) is 0.0103. The van der Waals surface area contributed by atoms with Crippen LogP contribution in [0.3, 0.4) is 0 Å². The molecule has 0 amide bonds. The minimum atomic E-state index is -1.40. The van der Waals surface area contributed by atoms with Crippen LogP contribution < -0.4 is 5.46 Å². The van der Waals surface area contributed by atoms with Crippen molar-refractivity contribution < 1.29 is 10.0 Å². The zero-order chi connectivity index (χ0) is 68.2. The Morgan fingerprint density at radius 3 is 0.686 bits per heavy atom. The van der Waals surface area contributed by atoms with Gasteiger partial charge in [0, 0.05) is 8.95 Å². The maximum atomic E-state index is 9.08. The Balaban J connectivity index is 0.000000105. The first-order valence-corrected chi connectivity index (χ1v) is 35.7. The number of hydrogen-bond acceptors (Lipinski definition) is 2. The predicted octanol–water partition coefficient (Wildman–Crippen LogP) is 27.1. The van der Waals surface area contributed by atoms with Crippen LogP contribution in [0.2, 0.25) is 0 Å². The second-order valence-corrected chi connectivity index (χ2v) is 26.9. The number of fused-ring (bicyclic) bond motifs is 12. The first kappa shape index (κ1) is 66.4. The van der Waals surface area contributed by atoms with Crippen LogP contribution in [-0.4, -0.2) is 17.2 Å². The number of halogens is 2. The lowest BCUT2D eigenvalue weighted by atomic mass is 9.77. The first-order valence-electron chi connectivity index (χ1n) is 34.1. The maximum Gasteiger partial charge on any atom is 0.489 e. The van der Waals surface area contributed by atoms with Crippen molar-refractivity contribution in [1.29, 1.82) is 0 Å². The fourth-order valence-electron chi connectivity index (χ4n) is 14.7. The van der Waals surface area contributed by atoms with Crippen LogP contribution in [0.5, 0.6) is 0 Å². The smallest absolute Gasteiger partial charge is 0.423 e. The Morgan fingerprint density at radius 1 is 0.176 bits per heavy atom. The maximum absolute atomic E-state index is 9.08. The number of hydrogen-bond donors (Lipinski definition) is 2. The molecule has 0 saturated carbocycles. The molecule has 0 heterocycles. The molecule has 20 aromatic rings. The molecule has 0 spiro atoms. The van der Waals surface area contributed by atoms with Crippen molar-refractivity contribution >= 4 is 174 Å². The Labute approximate surface area is 611 Å². The van der Waals surface area contributed by atoms with Gasteiger partial charge in [-0.25, -0.2) is 0 Å². The molecule has 20 aromatic carbocycles. The molecule has 0 fully saturated rings. The van der Waals surface area contributed by atoms with E-state index < -0.39 is 7.12 Å². The van der Waals surface area contributed by atoms with Gasteiger partial charge in [-0.2, -0.15) is 0 Å². The molecule has 102 heavy (non-hydrogen) atoms. The Hall–Kier alpha value is -11.5. The topological polar surface area (TPSA) is 40.5 Å². The summed E-state index contributed by atoms with van der Waals surface area (Å²) in [5, 5.41) is 48.4.